The lowest BCUT2D eigenvalue weighted by atomic mass is 9.99. The minimum Gasteiger partial charge on any atom is -0.481 e. The maximum atomic E-state index is 13.9. The number of guanidine groups is 1. The van der Waals surface area contributed by atoms with Gasteiger partial charge in [0.2, 0.25) is 47.3 Å². The number of hydrogen-bond acceptors (Lipinski definition) is 14. The molecule has 0 heterocycles. The van der Waals surface area contributed by atoms with E-state index in [4.69, 9.17) is 22.9 Å². The molecule has 0 saturated heterocycles. The Morgan fingerprint density at radius 3 is 1.47 bits per heavy atom. The van der Waals surface area contributed by atoms with Crippen molar-refractivity contribution in [2.75, 3.05) is 25.1 Å². The predicted molar refractivity (Wildman–Crippen MR) is 255 cm³/mol. The number of nitrogens with one attached hydrogen (secondary N) is 8. The molecule has 0 fully saturated rings. The summed E-state index contributed by atoms with van der Waals surface area (Å²) in [6.45, 7) is 11.3. The van der Waals surface area contributed by atoms with Crippen LogP contribution in [0.2, 0.25) is 0 Å². The number of aliphatic carboxylic acids is 2. The lowest BCUT2D eigenvalue weighted by Gasteiger charge is -2.29. The maximum Gasteiger partial charge on any atom is 0.326 e. The molecule has 18 N–H and O–H groups in total. The maximum absolute atomic E-state index is 13.9. The van der Waals surface area contributed by atoms with Gasteiger partial charge in [0.15, 0.2) is 5.96 Å². The summed E-state index contributed by atoms with van der Waals surface area (Å²) in [4.78, 5) is 134. The highest BCUT2D eigenvalue weighted by Crippen LogP contribution is 2.11. The zero-order valence-electron chi connectivity index (χ0n) is 40.5. The Morgan fingerprint density at radius 1 is 0.544 bits per heavy atom. The largest absolute Gasteiger partial charge is 0.481 e. The number of nitrogens with zero attached hydrogens (tertiary/aromatic N) is 1. The van der Waals surface area contributed by atoms with Gasteiger partial charge in [-0.2, -0.15) is 11.8 Å². The Kier molecular flexibility index (Phi) is 30.1. The Bertz CT molecular complexity index is 1730. The van der Waals surface area contributed by atoms with Gasteiger partial charge < -0.3 is 75.7 Å². The first kappa shape index (κ1) is 62.2. The third kappa shape index (κ3) is 25.4. The van der Waals surface area contributed by atoms with Gasteiger partial charge in [0.25, 0.3) is 0 Å². The van der Waals surface area contributed by atoms with Crippen LogP contribution in [0.4, 0.5) is 0 Å². The van der Waals surface area contributed by atoms with E-state index < -0.39 is 132 Å². The molecular weight excluding hydrogens is 911 g/mol. The number of thioether (sulfide) groups is 1. The lowest BCUT2D eigenvalue weighted by Crippen LogP contribution is -2.60. The second-order valence-corrected chi connectivity index (χ2v) is 18.2. The summed E-state index contributed by atoms with van der Waals surface area (Å²) in [5, 5.41) is 38.8. The lowest BCUT2D eigenvalue weighted by molar-refractivity contribution is -0.142. The average Bonchev–Trinajstić information content (AvgIpc) is 3.25. The van der Waals surface area contributed by atoms with Gasteiger partial charge in [0, 0.05) is 13.0 Å². The second kappa shape index (κ2) is 32.9. The number of carbonyl (C=O) groups is 10. The van der Waals surface area contributed by atoms with Crippen LogP contribution in [0, 0.1) is 11.8 Å². The van der Waals surface area contributed by atoms with Gasteiger partial charge in [-0.3, -0.25) is 48.1 Å². The van der Waals surface area contributed by atoms with Crippen molar-refractivity contribution in [2.24, 2.45) is 39.8 Å². The molecule has 9 atom stereocenters. The molecule has 0 aromatic rings. The number of hydrogen-bond donors (Lipinski definition) is 14. The first-order chi connectivity index (χ1) is 31.7. The highest BCUT2D eigenvalue weighted by molar-refractivity contribution is 7.98. The molecule has 0 aromatic heterocycles. The molecular formula is C42H77N13O12S. The fourth-order valence-corrected chi connectivity index (χ4v) is 6.70. The number of carboxylic acid groups (broad SMARTS) is 2. The van der Waals surface area contributed by atoms with Crippen LogP contribution in [0.1, 0.15) is 106 Å². The van der Waals surface area contributed by atoms with E-state index in [9.17, 15) is 58.2 Å². The number of carbonyl (C=O) groups excluding carboxylic acids is 8. The van der Waals surface area contributed by atoms with Gasteiger partial charge in [-0.05, 0) is 96.1 Å². The van der Waals surface area contributed by atoms with Crippen LogP contribution < -0.4 is 65.5 Å². The quantitative estimate of drug-likeness (QED) is 0.0172. The first-order valence-corrected chi connectivity index (χ1v) is 24.0. The minimum atomic E-state index is -1.50. The van der Waals surface area contributed by atoms with Gasteiger partial charge in [0.05, 0.1) is 6.04 Å². The van der Waals surface area contributed by atoms with Crippen LogP contribution in [0.3, 0.4) is 0 Å². The summed E-state index contributed by atoms with van der Waals surface area (Å²) in [6.07, 6.45) is 2.82. The van der Waals surface area contributed by atoms with E-state index >= 15 is 0 Å². The van der Waals surface area contributed by atoms with Crippen LogP contribution in [-0.4, -0.2) is 155 Å². The van der Waals surface area contributed by atoms with Crippen molar-refractivity contribution in [3.63, 3.8) is 0 Å². The van der Waals surface area contributed by atoms with E-state index in [1.165, 1.54) is 32.5 Å². The zero-order chi connectivity index (χ0) is 52.3. The van der Waals surface area contributed by atoms with E-state index in [1.807, 2.05) is 0 Å². The fourth-order valence-electron chi connectivity index (χ4n) is 6.23. The molecule has 0 aliphatic rings. The van der Waals surface area contributed by atoms with Gasteiger partial charge in [-0.25, -0.2) is 4.79 Å². The molecule has 388 valence electrons. The minimum absolute atomic E-state index is 0.0112. The second-order valence-electron chi connectivity index (χ2n) is 17.2. The Hall–Kier alpha value is -5.76. The molecule has 0 saturated carbocycles. The molecule has 0 radical (unpaired) electrons. The molecule has 0 aliphatic heterocycles. The van der Waals surface area contributed by atoms with Gasteiger partial charge in [-0.15, -0.1) is 0 Å². The normalized spacial score (nSPS) is 15.1. The van der Waals surface area contributed by atoms with E-state index in [-0.39, 0.29) is 44.1 Å². The molecule has 9 unspecified atom stereocenters. The standard InChI is InChI=1S/C42H77N13O12S/c1-21(2)20-30(39(64)50-24(6)34(59)52-28(14-15-31(56)57)37(62)49-25(7)35(60)53-29(41(66)67)16-19-68-8)54-40(65)32(22(3)4)55-38(63)27(13-11-18-47-42(45)46)51-33(58)23(5)48-36(61)26(44)12-9-10-17-43/h21-30,32H,9-20,43-44H2,1-8H3,(H,48,61)(H,49,62)(H,50,64)(H,51,58)(H,52,59)(H,53,60)(H,54,65)(H,55,63)(H,56,57)(H,66,67)(H4,45,46,47). The third-order valence-corrected chi connectivity index (χ3v) is 10.9. The number of aliphatic imine (C=N–C) groups is 1. The molecule has 0 aromatic carbocycles. The molecule has 8 amide bonds. The number of unbranched alkanes of at least 4 members (excludes halogenated alkanes) is 1. The van der Waals surface area contributed by atoms with E-state index in [1.54, 1.807) is 34.0 Å². The summed E-state index contributed by atoms with van der Waals surface area (Å²) in [7, 11) is 0. The van der Waals surface area contributed by atoms with Crippen molar-refractivity contribution < 1.29 is 58.2 Å². The third-order valence-electron chi connectivity index (χ3n) is 10.2. The number of nitrogens with two attached hydrogens (primary N) is 4. The van der Waals surface area contributed by atoms with E-state index in [0.717, 1.165) is 0 Å². The monoisotopic (exact) mass is 988 g/mol. The van der Waals surface area contributed by atoms with Crippen molar-refractivity contribution in [2.45, 2.75) is 161 Å². The van der Waals surface area contributed by atoms with Crippen molar-refractivity contribution >= 4 is 76.9 Å². The zero-order valence-corrected chi connectivity index (χ0v) is 41.3. The van der Waals surface area contributed by atoms with Crippen LogP contribution >= 0.6 is 11.8 Å². The first-order valence-electron chi connectivity index (χ1n) is 22.6. The SMILES string of the molecule is CSCCC(NC(=O)C(C)NC(=O)C(CCC(=O)O)NC(=O)C(C)NC(=O)C(CC(C)C)NC(=O)C(NC(=O)C(CCCN=C(N)N)NC(=O)C(C)NC(=O)C(N)CCCCN)C(C)C)C(=O)O. The number of amides is 8. The van der Waals surface area contributed by atoms with Gasteiger partial charge in [0.1, 0.15) is 48.3 Å². The van der Waals surface area contributed by atoms with Crippen LogP contribution in [-0.2, 0) is 47.9 Å². The Labute approximate surface area is 402 Å². The molecule has 25 nitrogen and oxygen atoms in total. The summed E-state index contributed by atoms with van der Waals surface area (Å²) in [6, 6.07) is -11.1. The van der Waals surface area contributed by atoms with Crippen molar-refractivity contribution in [3.05, 3.63) is 0 Å². The number of carboxylic acids is 2. The average molecular weight is 988 g/mol. The molecule has 0 bridgehead atoms. The molecule has 0 rings (SSSR count). The number of rotatable bonds is 34. The molecule has 0 aliphatic carbocycles. The van der Waals surface area contributed by atoms with Crippen LogP contribution in [0.25, 0.3) is 0 Å². The van der Waals surface area contributed by atoms with Crippen LogP contribution in [0.5, 0.6) is 0 Å². The Morgan fingerprint density at radius 2 is 1.01 bits per heavy atom. The summed E-state index contributed by atoms with van der Waals surface area (Å²) in [5.74, 6) is -9.41. The highest BCUT2D eigenvalue weighted by atomic mass is 32.2. The molecule has 26 heteroatoms. The highest BCUT2D eigenvalue weighted by Gasteiger charge is 2.34. The van der Waals surface area contributed by atoms with Gasteiger partial charge in [-0.1, -0.05) is 34.1 Å². The predicted octanol–water partition coefficient (Wildman–Crippen LogP) is -3.16. The van der Waals surface area contributed by atoms with E-state index in [2.05, 4.69) is 47.5 Å². The van der Waals surface area contributed by atoms with Crippen molar-refractivity contribution in [1.29, 1.82) is 0 Å². The fraction of sp³-hybridized carbons (Fsp3) is 0.738. The summed E-state index contributed by atoms with van der Waals surface area (Å²) in [5.41, 5.74) is 22.3. The smallest absolute Gasteiger partial charge is 0.326 e. The van der Waals surface area contributed by atoms with Crippen molar-refractivity contribution in [1.82, 2.24) is 42.5 Å². The summed E-state index contributed by atoms with van der Waals surface area (Å²) < 4.78 is 0. The topological polar surface area (TPSA) is 424 Å². The van der Waals surface area contributed by atoms with Crippen molar-refractivity contribution in [3.8, 4) is 0 Å². The van der Waals surface area contributed by atoms with E-state index in [0.29, 0.717) is 31.6 Å². The van der Waals surface area contributed by atoms with Crippen LogP contribution in [0.15, 0.2) is 4.99 Å². The summed E-state index contributed by atoms with van der Waals surface area (Å²) >= 11 is 1.37. The molecule has 0 spiro atoms. The van der Waals surface area contributed by atoms with Gasteiger partial charge >= 0.3 is 11.9 Å². The Balaban J connectivity index is 6.13. The molecule has 68 heavy (non-hydrogen) atoms.